The van der Waals surface area contributed by atoms with Crippen molar-refractivity contribution in [1.29, 1.82) is 0 Å². The molecule has 1 saturated heterocycles. The van der Waals surface area contributed by atoms with Crippen LogP contribution < -0.4 is 20.9 Å². The van der Waals surface area contributed by atoms with E-state index in [0.717, 1.165) is 24.3 Å². The number of aromatic nitrogens is 5. The highest BCUT2D eigenvalue weighted by Gasteiger charge is 2.17. The van der Waals surface area contributed by atoms with Gasteiger partial charge in [-0.25, -0.2) is 9.78 Å². The van der Waals surface area contributed by atoms with Crippen LogP contribution in [0.25, 0.3) is 11.4 Å². The van der Waals surface area contributed by atoms with Gasteiger partial charge in [0.25, 0.3) is 0 Å². The molecule has 0 saturated carbocycles. The van der Waals surface area contributed by atoms with Crippen molar-refractivity contribution in [2.45, 2.75) is 6.42 Å². The molecular formula is C26H27N9O2. The summed E-state index contributed by atoms with van der Waals surface area (Å²) in [6, 6.07) is 14.4. The average molecular weight is 498 g/mol. The first-order chi connectivity index (χ1) is 18.2. The lowest BCUT2D eigenvalue weighted by Gasteiger charge is -2.27. The Morgan fingerprint density at radius 1 is 0.784 bits per heavy atom. The van der Waals surface area contributed by atoms with Crippen LogP contribution in [0.4, 0.5) is 27.8 Å². The third-order valence-corrected chi connectivity index (χ3v) is 5.66. The summed E-state index contributed by atoms with van der Waals surface area (Å²) in [5.74, 6) is 1.93. The van der Waals surface area contributed by atoms with E-state index in [4.69, 9.17) is 19.7 Å². The van der Waals surface area contributed by atoms with Crippen LogP contribution in [0, 0.1) is 0 Å². The summed E-state index contributed by atoms with van der Waals surface area (Å²) in [4.78, 5) is 36.6. The van der Waals surface area contributed by atoms with Gasteiger partial charge in [0, 0.05) is 73.5 Å². The molecule has 2 amide bonds. The summed E-state index contributed by atoms with van der Waals surface area (Å²) in [7, 11) is 0. The first kappa shape index (κ1) is 24.1. The Morgan fingerprint density at radius 3 is 2.08 bits per heavy atom. The van der Waals surface area contributed by atoms with E-state index in [9.17, 15) is 4.79 Å². The van der Waals surface area contributed by atoms with Crippen molar-refractivity contribution in [3.05, 3.63) is 79.1 Å². The van der Waals surface area contributed by atoms with Crippen molar-refractivity contribution in [3.63, 3.8) is 0 Å². The van der Waals surface area contributed by atoms with Crippen LogP contribution in [0.3, 0.4) is 0 Å². The number of carbonyl (C=O) groups excluding carboxylic acids is 1. The summed E-state index contributed by atoms with van der Waals surface area (Å²) >= 11 is 0. The van der Waals surface area contributed by atoms with E-state index in [1.807, 2.05) is 36.4 Å². The fourth-order valence-corrected chi connectivity index (χ4v) is 3.77. The van der Waals surface area contributed by atoms with Gasteiger partial charge in [0.05, 0.1) is 13.2 Å². The Bertz CT molecular complexity index is 1300. The van der Waals surface area contributed by atoms with Gasteiger partial charge in [0.15, 0.2) is 5.82 Å². The number of rotatable bonds is 8. The molecule has 4 aromatic rings. The molecule has 3 N–H and O–H groups in total. The fourth-order valence-electron chi connectivity index (χ4n) is 3.77. The van der Waals surface area contributed by atoms with E-state index in [-0.39, 0.29) is 6.03 Å². The highest BCUT2D eigenvalue weighted by molar-refractivity contribution is 5.99. The van der Waals surface area contributed by atoms with Gasteiger partial charge in [-0.1, -0.05) is 0 Å². The zero-order valence-corrected chi connectivity index (χ0v) is 20.2. The van der Waals surface area contributed by atoms with Gasteiger partial charge in [0.1, 0.15) is 5.82 Å². The number of urea groups is 1. The molecule has 0 aliphatic carbocycles. The lowest BCUT2D eigenvalue weighted by Crippen LogP contribution is -2.37. The Kier molecular flexibility index (Phi) is 7.72. The van der Waals surface area contributed by atoms with E-state index in [2.05, 4.69) is 30.8 Å². The highest BCUT2D eigenvalue weighted by atomic mass is 16.5. The molecule has 3 aromatic heterocycles. The molecule has 1 aromatic carbocycles. The van der Waals surface area contributed by atoms with Crippen molar-refractivity contribution in [3.8, 4) is 11.4 Å². The standard InChI is InChI=1S/C26H27N9O2/c36-26(31-22-7-12-28-13-8-22)30-21-3-1-19(2-4-21)24-32-23(9-14-29-20-5-10-27-11-6-20)33-25(34-24)35-15-17-37-18-16-35/h1-8,10-13H,9,14-18H2,(H,27,29)(H2,28,30,31,36). The van der Waals surface area contributed by atoms with Gasteiger partial charge < -0.3 is 25.6 Å². The van der Waals surface area contributed by atoms with Crippen LogP contribution in [0.2, 0.25) is 0 Å². The van der Waals surface area contributed by atoms with Crippen LogP contribution in [0.15, 0.2) is 73.3 Å². The molecule has 4 heterocycles. The predicted molar refractivity (Wildman–Crippen MR) is 142 cm³/mol. The van der Waals surface area contributed by atoms with Crippen LogP contribution >= 0.6 is 0 Å². The molecular weight excluding hydrogens is 470 g/mol. The van der Waals surface area contributed by atoms with Crippen LogP contribution in [0.1, 0.15) is 5.82 Å². The van der Waals surface area contributed by atoms with E-state index >= 15 is 0 Å². The lowest BCUT2D eigenvalue weighted by atomic mass is 10.2. The number of amides is 2. The minimum Gasteiger partial charge on any atom is -0.385 e. The zero-order valence-electron chi connectivity index (χ0n) is 20.2. The molecule has 0 atom stereocenters. The van der Waals surface area contributed by atoms with Gasteiger partial charge in [0.2, 0.25) is 5.95 Å². The Morgan fingerprint density at radius 2 is 1.41 bits per heavy atom. The minimum absolute atomic E-state index is 0.335. The zero-order chi connectivity index (χ0) is 25.3. The Labute approximate surface area is 214 Å². The molecule has 0 bridgehead atoms. The van der Waals surface area contributed by atoms with E-state index in [0.29, 0.717) is 55.2 Å². The molecule has 1 aliphatic heterocycles. The number of carbonyl (C=O) groups is 1. The molecule has 188 valence electrons. The molecule has 1 fully saturated rings. The number of nitrogens with zero attached hydrogens (tertiary/aromatic N) is 6. The van der Waals surface area contributed by atoms with Gasteiger partial charge in [-0.2, -0.15) is 9.97 Å². The SMILES string of the molecule is O=C(Nc1ccncc1)Nc1ccc(-c2nc(CCNc3ccncc3)nc(N3CCOCC3)n2)cc1. The Balaban J connectivity index is 1.30. The number of nitrogens with one attached hydrogen (secondary N) is 3. The lowest BCUT2D eigenvalue weighted by molar-refractivity contribution is 0.122. The summed E-state index contributed by atoms with van der Waals surface area (Å²) < 4.78 is 5.49. The Hall–Kier alpha value is -4.64. The van der Waals surface area contributed by atoms with Crippen molar-refractivity contribution in [2.24, 2.45) is 0 Å². The van der Waals surface area contributed by atoms with Crippen molar-refractivity contribution >= 4 is 29.0 Å². The fraction of sp³-hybridized carbons (Fsp3) is 0.231. The normalized spacial score (nSPS) is 13.1. The topological polar surface area (TPSA) is 130 Å². The molecule has 11 nitrogen and oxygen atoms in total. The monoisotopic (exact) mass is 497 g/mol. The molecule has 5 rings (SSSR count). The largest absolute Gasteiger partial charge is 0.385 e. The molecule has 37 heavy (non-hydrogen) atoms. The third kappa shape index (κ3) is 6.73. The molecule has 0 spiro atoms. The number of benzene rings is 1. The van der Waals surface area contributed by atoms with E-state index in [1.54, 1.807) is 36.9 Å². The van der Waals surface area contributed by atoms with Crippen LogP contribution in [0.5, 0.6) is 0 Å². The van der Waals surface area contributed by atoms with Gasteiger partial charge in [-0.05, 0) is 48.5 Å². The summed E-state index contributed by atoms with van der Waals surface area (Å²) in [5, 5.41) is 8.97. The summed E-state index contributed by atoms with van der Waals surface area (Å²) in [6.45, 7) is 3.41. The van der Waals surface area contributed by atoms with Crippen molar-refractivity contribution in [1.82, 2.24) is 24.9 Å². The summed E-state index contributed by atoms with van der Waals surface area (Å²) in [5.41, 5.74) is 3.14. The highest BCUT2D eigenvalue weighted by Crippen LogP contribution is 2.21. The number of morpholine rings is 1. The van der Waals surface area contributed by atoms with Crippen molar-refractivity contribution < 1.29 is 9.53 Å². The van der Waals surface area contributed by atoms with Gasteiger partial charge in [-0.15, -0.1) is 0 Å². The van der Waals surface area contributed by atoms with E-state index in [1.165, 1.54) is 0 Å². The quantitative estimate of drug-likeness (QED) is 0.335. The second-order valence-electron chi connectivity index (χ2n) is 8.28. The number of pyridine rings is 2. The minimum atomic E-state index is -0.335. The van der Waals surface area contributed by atoms with E-state index < -0.39 is 0 Å². The first-order valence-electron chi connectivity index (χ1n) is 12.0. The maximum Gasteiger partial charge on any atom is 0.323 e. The second kappa shape index (κ2) is 11.9. The number of anilines is 4. The number of ether oxygens (including phenoxy) is 1. The predicted octanol–water partition coefficient (Wildman–Crippen LogP) is 3.46. The van der Waals surface area contributed by atoms with Gasteiger partial charge in [-0.3, -0.25) is 9.97 Å². The first-order valence-corrected chi connectivity index (χ1v) is 12.0. The summed E-state index contributed by atoms with van der Waals surface area (Å²) in [6.07, 6.45) is 7.37. The smallest absolute Gasteiger partial charge is 0.323 e. The van der Waals surface area contributed by atoms with Crippen molar-refractivity contribution in [2.75, 3.05) is 53.7 Å². The average Bonchev–Trinajstić information content (AvgIpc) is 2.95. The van der Waals surface area contributed by atoms with Crippen LogP contribution in [-0.4, -0.2) is 63.8 Å². The maximum atomic E-state index is 12.3. The number of hydrogen-bond acceptors (Lipinski definition) is 9. The molecule has 1 aliphatic rings. The second-order valence-corrected chi connectivity index (χ2v) is 8.28. The number of hydrogen-bond donors (Lipinski definition) is 3. The maximum absolute atomic E-state index is 12.3. The molecule has 0 radical (unpaired) electrons. The van der Waals surface area contributed by atoms with Gasteiger partial charge >= 0.3 is 6.03 Å². The van der Waals surface area contributed by atoms with Crippen LogP contribution in [-0.2, 0) is 11.2 Å². The molecule has 0 unspecified atom stereocenters. The molecule has 11 heteroatoms. The third-order valence-electron chi connectivity index (χ3n) is 5.66.